The van der Waals surface area contributed by atoms with Gasteiger partial charge in [-0.2, -0.15) is 0 Å². The van der Waals surface area contributed by atoms with Crippen LogP contribution in [0.15, 0.2) is 30.3 Å². The maximum absolute atomic E-state index is 11.7. The Hall–Kier alpha value is -1.92. The minimum Gasteiger partial charge on any atom is -0.386 e. The Balaban J connectivity index is 1.71. The quantitative estimate of drug-likeness (QED) is 0.689. The Bertz CT molecular complexity index is 469. The summed E-state index contributed by atoms with van der Waals surface area (Å²) in [5.74, 6) is -0.640. The van der Waals surface area contributed by atoms with Crippen molar-refractivity contribution < 1.29 is 19.4 Å². The van der Waals surface area contributed by atoms with Gasteiger partial charge in [-0.05, 0) is 12.1 Å². The van der Waals surface area contributed by atoms with E-state index < -0.39 is 5.60 Å². The summed E-state index contributed by atoms with van der Waals surface area (Å²) in [5.41, 5.74) is -0.484. The molecule has 0 bridgehead atoms. The number of hydrogen-bond donors (Lipinski definition) is 3. The van der Waals surface area contributed by atoms with E-state index >= 15 is 0 Å². The molecule has 1 fully saturated rings. The van der Waals surface area contributed by atoms with Gasteiger partial charge in [-0.1, -0.05) is 18.2 Å². The molecule has 0 saturated carbocycles. The van der Waals surface area contributed by atoms with E-state index in [2.05, 4.69) is 10.6 Å². The molecule has 2 rings (SSSR count). The maximum atomic E-state index is 11.7. The van der Waals surface area contributed by atoms with E-state index in [9.17, 15) is 14.7 Å². The molecule has 1 aliphatic heterocycles. The molecule has 20 heavy (non-hydrogen) atoms. The second kappa shape index (κ2) is 6.49. The summed E-state index contributed by atoms with van der Waals surface area (Å²) in [7, 11) is 0. The molecule has 1 aromatic rings. The smallest absolute Gasteiger partial charge is 0.251 e. The number of carbonyl (C=O) groups is 2. The summed E-state index contributed by atoms with van der Waals surface area (Å²) < 4.78 is 5.08. The number of carbonyl (C=O) groups excluding carboxylic acids is 2. The molecule has 6 heteroatoms. The Labute approximate surface area is 117 Å². The summed E-state index contributed by atoms with van der Waals surface area (Å²) in [6, 6.07) is 8.67. The molecule has 1 unspecified atom stereocenters. The van der Waals surface area contributed by atoms with E-state index in [4.69, 9.17) is 4.74 Å². The SMILES string of the molecule is O=C(CNC(=O)c1ccccc1)NCC1(O)CCOC1. The van der Waals surface area contributed by atoms with Crippen molar-refractivity contribution in [2.24, 2.45) is 0 Å². The van der Waals surface area contributed by atoms with Gasteiger partial charge >= 0.3 is 0 Å². The third-order valence-electron chi connectivity index (χ3n) is 3.14. The molecule has 0 aliphatic carbocycles. The summed E-state index contributed by atoms with van der Waals surface area (Å²) in [5, 5.41) is 15.1. The van der Waals surface area contributed by atoms with Gasteiger partial charge in [-0.15, -0.1) is 0 Å². The van der Waals surface area contributed by atoms with Crippen molar-refractivity contribution in [3.8, 4) is 0 Å². The fourth-order valence-corrected chi connectivity index (χ4v) is 1.91. The van der Waals surface area contributed by atoms with Crippen LogP contribution in [0.2, 0.25) is 0 Å². The van der Waals surface area contributed by atoms with Gasteiger partial charge in [0.25, 0.3) is 5.91 Å². The van der Waals surface area contributed by atoms with Gasteiger partial charge in [0, 0.05) is 25.1 Å². The highest BCUT2D eigenvalue weighted by molar-refractivity contribution is 5.96. The van der Waals surface area contributed by atoms with E-state index in [0.29, 0.717) is 18.6 Å². The predicted molar refractivity (Wildman–Crippen MR) is 72.2 cm³/mol. The molecule has 108 valence electrons. The van der Waals surface area contributed by atoms with E-state index in [1.807, 2.05) is 6.07 Å². The lowest BCUT2D eigenvalue weighted by molar-refractivity contribution is -0.121. The number of nitrogens with one attached hydrogen (secondary N) is 2. The van der Waals surface area contributed by atoms with Crippen molar-refractivity contribution in [1.29, 1.82) is 0 Å². The summed E-state index contributed by atoms with van der Waals surface area (Å²) in [6.07, 6.45) is 0.504. The van der Waals surface area contributed by atoms with Gasteiger partial charge in [-0.25, -0.2) is 0 Å². The zero-order valence-corrected chi connectivity index (χ0v) is 11.1. The molecule has 1 heterocycles. The van der Waals surface area contributed by atoms with Crippen molar-refractivity contribution in [2.75, 3.05) is 26.3 Å². The molecular formula is C14H18N2O4. The van der Waals surface area contributed by atoms with Gasteiger partial charge in [0.15, 0.2) is 0 Å². The van der Waals surface area contributed by atoms with Crippen LogP contribution in [0.1, 0.15) is 16.8 Å². The molecule has 1 saturated heterocycles. The second-order valence-electron chi connectivity index (χ2n) is 4.85. The highest BCUT2D eigenvalue weighted by Gasteiger charge is 2.32. The van der Waals surface area contributed by atoms with Crippen LogP contribution < -0.4 is 10.6 Å². The number of hydrogen-bond acceptors (Lipinski definition) is 4. The van der Waals surface area contributed by atoms with Crippen molar-refractivity contribution in [2.45, 2.75) is 12.0 Å². The Kier molecular flexibility index (Phi) is 4.70. The first-order valence-electron chi connectivity index (χ1n) is 6.49. The molecule has 0 spiro atoms. The number of ether oxygens (including phenoxy) is 1. The van der Waals surface area contributed by atoms with Crippen LogP contribution in [-0.4, -0.2) is 48.8 Å². The van der Waals surface area contributed by atoms with E-state index in [0.717, 1.165) is 0 Å². The molecular weight excluding hydrogens is 260 g/mol. The van der Waals surface area contributed by atoms with E-state index in [-0.39, 0.29) is 31.5 Å². The third kappa shape index (κ3) is 4.04. The van der Waals surface area contributed by atoms with Gasteiger partial charge in [-0.3, -0.25) is 9.59 Å². The lowest BCUT2D eigenvalue weighted by atomic mass is 10.0. The second-order valence-corrected chi connectivity index (χ2v) is 4.85. The molecule has 1 atom stereocenters. The first kappa shape index (κ1) is 14.5. The lowest BCUT2D eigenvalue weighted by Gasteiger charge is -2.20. The first-order valence-corrected chi connectivity index (χ1v) is 6.49. The predicted octanol–water partition coefficient (Wildman–Crippen LogP) is -0.316. The monoisotopic (exact) mass is 278 g/mol. The van der Waals surface area contributed by atoms with Gasteiger partial charge in [0.05, 0.1) is 13.2 Å². The lowest BCUT2D eigenvalue weighted by Crippen LogP contribution is -2.46. The average Bonchev–Trinajstić information content (AvgIpc) is 2.91. The number of rotatable bonds is 5. The molecule has 0 radical (unpaired) electrons. The molecule has 1 aliphatic rings. The molecule has 1 aromatic carbocycles. The van der Waals surface area contributed by atoms with E-state index in [1.165, 1.54) is 0 Å². The van der Waals surface area contributed by atoms with Crippen LogP contribution in [0, 0.1) is 0 Å². The fraction of sp³-hybridized carbons (Fsp3) is 0.429. The van der Waals surface area contributed by atoms with Crippen LogP contribution in [0.5, 0.6) is 0 Å². The summed E-state index contributed by atoms with van der Waals surface area (Å²) >= 11 is 0. The fourth-order valence-electron chi connectivity index (χ4n) is 1.91. The Morgan fingerprint density at radius 2 is 2.00 bits per heavy atom. The molecule has 2 amide bonds. The van der Waals surface area contributed by atoms with Crippen LogP contribution in [-0.2, 0) is 9.53 Å². The largest absolute Gasteiger partial charge is 0.386 e. The average molecular weight is 278 g/mol. The Morgan fingerprint density at radius 1 is 1.25 bits per heavy atom. The minimum absolute atomic E-state index is 0.120. The molecule has 3 N–H and O–H groups in total. The van der Waals surface area contributed by atoms with E-state index in [1.54, 1.807) is 24.3 Å². The standard InChI is InChI=1S/C14H18N2O4/c17-12(16-9-14(19)6-7-20-10-14)8-15-13(18)11-4-2-1-3-5-11/h1-5,19H,6-10H2,(H,15,18)(H,16,17). The summed E-state index contributed by atoms with van der Waals surface area (Å²) in [4.78, 5) is 23.3. The van der Waals surface area contributed by atoms with Gasteiger partial charge in [0.2, 0.25) is 5.91 Å². The van der Waals surface area contributed by atoms with Crippen LogP contribution in [0.25, 0.3) is 0 Å². The zero-order valence-electron chi connectivity index (χ0n) is 11.1. The highest BCUT2D eigenvalue weighted by Crippen LogP contribution is 2.16. The number of amides is 2. The topological polar surface area (TPSA) is 87.7 Å². The first-order chi connectivity index (χ1) is 9.59. The van der Waals surface area contributed by atoms with Crippen molar-refractivity contribution in [3.05, 3.63) is 35.9 Å². The highest BCUT2D eigenvalue weighted by atomic mass is 16.5. The normalized spacial score (nSPS) is 21.4. The third-order valence-corrected chi connectivity index (χ3v) is 3.14. The van der Waals surface area contributed by atoms with Crippen molar-refractivity contribution in [3.63, 3.8) is 0 Å². The van der Waals surface area contributed by atoms with Crippen LogP contribution in [0.4, 0.5) is 0 Å². The van der Waals surface area contributed by atoms with Crippen molar-refractivity contribution >= 4 is 11.8 Å². The summed E-state index contributed by atoms with van der Waals surface area (Å²) in [6.45, 7) is 0.735. The molecule has 0 aromatic heterocycles. The van der Waals surface area contributed by atoms with Crippen LogP contribution in [0.3, 0.4) is 0 Å². The van der Waals surface area contributed by atoms with Gasteiger partial charge < -0.3 is 20.5 Å². The Morgan fingerprint density at radius 3 is 2.65 bits per heavy atom. The number of aliphatic hydroxyl groups is 1. The minimum atomic E-state index is -0.987. The van der Waals surface area contributed by atoms with Crippen molar-refractivity contribution in [1.82, 2.24) is 10.6 Å². The van der Waals surface area contributed by atoms with Crippen LogP contribution >= 0.6 is 0 Å². The zero-order chi connectivity index (χ0) is 14.4. The maximum Gasteiger partial charge on any atom is 0.251 e. The van der Waals surface area contributed by atoms with Gasteiger partial charge in [0.1, 0.15) is 5.60 Å². The number of benzene rings is 1. The molecule has 6 nitrogen and oxygen atoms in total.